The average molecular weight is 286 g/mol. The van der Waals surface area contributed by atoms with Crippen LogP contribution in [0.3, 0.4) is 0 Å². The smallest absolute Gasteiger partial charge is 0.320 e. The lowest BCUT2D eigenvalue weighted by atomic mass is 10.00. The fourth-order valence-electron chi connectivity index (χ4n) is 2.32. The Morgan fingerprint density at radius 1 is 0.900 bits per heavy atom. The molecule has 4 heteroatoms. The van der Waals surface area contributed by atoms with Gasteiger partial charge in [0.25, 0.3) is 0 Å². The molecule has 0 spiro atoms. The average Bonchev–Trinajstić information content (AvgIpc) is 2.43. The van der Waals surface area contributed by atoms with Crippen LogP contribution in [0.5, 0.6) is 0 Å². The zero-order valence-electron chi connectivity index (χ0n) is 13.0. The molecule has 0 aromatic heterocycles. The van der Waals surface area contributed by atoms with Gasteiger partial charge in [-0.15, -0.1) is 0 Å². The molecule has 0 radical (unpaired) electrons. The first-order chi connectivity index (χ1) is 9.63. The van der Waals surface area contributed by atoms with Gasteiger partial charge in [-0.1, -0.05) is 71.1 Å². The van der Waals surface area contributed by atoms with Crippen LogP contribution >= 0.6 is 0 Å². The predicted octanol–water partition coefficient (Wildman–Crippen LogP) is 4.17. The third-order valence-corrected chi connectivity index (χ3v) is 3.63. The van der Waals surface area contributed by atoms with E-state index in [1.807, 2.05) is 0 Å². The molecule has 0 rings (SSSR count). The molecular formula is C16H30O4. The Labute approximate surface area is 122 Å². The summed E-state index contributed by atoms with van der Waals surface area (Å²) < 4.78 is 4.50. The van der Waals surface area contributed by atoms with Crippen LogP contribution in [0.4, 0.5) is 0 Å². The summed E-state index contributed by atoms with van der Waals surface area (Å²) in [5.41, 5.74) is 0. The van der Waals surface area contributed by atoms with Crippen LogP contribution in [-0.4, -0.2) is 24.2 Å². The minimum Gasteiger partial charge on any atom is -0.481 e. The van der Waals surface area contributed by atoms with Crippen LogP contribution in [0.2, 0.25) is 0 Å². The molecule has 0 saturated heterocycles. The zero-order valence-corrected chi connectivity index (χ0v) is 13.0. The molecule has 0 saturated carbocycles. The second-order valence-corrected chi connectivity index (χ2v) is 5.38. The van der Waals surface area contributed by atoms with E-state index in [0.717, 1.165) is 19.3 Å². The molecule has 20 heavy (non-hydrogen) atoms. The molecule has 118 valence electrons. The van der Waals surface area contributed by atoms with Gasteiger partial charge in [-0.05, 0) is 6.42 Å². The van der Waals surface area contributed by atoms with Crippen molar-refractivity contribution in [1.82, 2.24) is 0 Å². The SMILES string of the molecule is CCCCCCCCCCCCC(C(=O)O)C(=O)OC. The van der Waals surface area contributed by atoms with E-state index in [4.69, 9.17) is 5.11 Å². The maximum atomic E-state index is 11.2. The van der Waals surface area contributed by atoms with Gasteiger partial charge in [0.15, 0.2) is 5.92 Å². The number of carbonyl (C=O) groups is 2. The highest BCUT2D eigenvalue weighted by Crippen LogP contribution is 2.15. The molecule has 0 aliphatic carbocycles. The van der Waals surface area contributed by atoms with Crippen LogP contribution in [0.1, 0.15) is 77.6 Å². The molecule has 0 heterocycles. The Kier molecular flexibility index (Phi) is 12.3. The Bertz CT molecular complexity index is 263. The number of methoxy groups -OCH3 is 1. The van der Waals surface area contributed by atoms with Gasteiger partial charge in [-0.25, -0.2) is 0 Å². The molecule has 0 bridgehead atoms. The lowest BCUT2D eigenvalue weighted by Gasteiger charge is -2.09. The number of carboxylic acids is 1. The van der Waals surface area contributed by atoms with E-state index >= 15 is 0 Å². The van der Waals surface area contributed by atoms with Crippen molar-refractivity contribution >= 4 is 11.9 Å². The van der Waals surface area contributed by atoms with Crippen molar-refractivity contribution in [2.75, 3.05) is 7.11 Å². The number of hydrogen-bond acceptors (Lipinski definition) is 3. The molecule has 4 nitrogen and oxygen atoms in total. The van der Waals surface area contributed by atoms with Crippen molar-refractivity contribution in [2.24, 2.45) is 5.92 Å². The minimum absolute atomic E-state index is 0.387. The molecule has 0 amide bonds. The number of esters is 1. The number of unbranched alkanes of at least 4 members (excludes halogenated alkanes) is 9. The highest BCUT2D eigenvalue weighted by molar-refractivity contribution is 5.93. The standard InChI is InChI=1S/C16H30O4/c1-3-4-5-6-7-8-9-10-11-12-13-14(15(17)18)16(19)20-2/h14H,3-13H2,1-2H3,(H,17,18). The zero-order chi connectivity index (χ0) is 15.2. The lowest BCUT2D eigenvalue weighted by molar-refractivity contribution is -0.157. The second kappa shape index (κ2) is 12.9. The van der Waals surface area contributed by atoms with Gasteiger partial charge in [-0.3, -0.25) is 9.59 Å². The second-order valence-electron chi connectivity index (χ2n) is 5.38. The first-order valence-corrected chi connectivity index (χ1v) is 7.94. The normalized spacial score (nSPS) is 12.1. The summed E-state index contributed by atoms with van der Waals surface area (Å²) in [7, 11) is 1.23. The van der Waals surface area contributed by atoms with Crippen LogP contribution in [-0.2, 0) is 14.3 Å². The van der Waals surface area contributed by atoms with Gasteiger partial charge < -0.3 is 9.84 Å². The van der Waals surface area contributed by atoms with Crippen molar-refractivity contribution in [2.45, 2.75) is 77.6 Å². The number of rotatable bonds is 13. The summed E-state index contributed by atoms with van der Waals surface area (Å²) in [6.07, 6.45) is 12.4. The maximum absolute atomic E-state index is 11.2. The third kappa shape index (κ3) is 9.82. The predicted molar refractivity (Wildman–Crippen MR) is 79.6 cm³/mol. The molecule has 0 aliphatic rings. The number of hydrogen-bond donors (Lipinski definition) is 1. The molecule has 1 unspecified atom stereocenters. The highest BCUT2D eigenvalue weighted by Gasteiger charge is 2.26. The Morgan fingerprint density at radius 3 is 1.75 bits per heavy atom. The van der Waals surface area contributed by atoms with Crippen LogP contribution < -0.4 is 0 Å². The monoisotopic (exact) mass is 286 g/mol. The van der Waals surface area contributed by atoms with Gasteiger partial charge in [-0.2, -0.15) is 0 Å². The van der Waals surface area contributed by atoms with Crippen LogP contribution in [0.25, 0.3) is 0 Å². The minimum atomic E-state index is -1.08. The van der Waals surface area contributed by atoms with Crippen molar-refractivity contribution in [3.8, 4) is 0 Å². The van der Waals surface area contributed by atoms with Crippen LogP contribution in [0, 0.1) is 5.92 Å². The Hall–Kier alpha value is -1.06. The Morgan fingerprint density at radius 2 is 1.35 bits per heavy atom. The number of carboxylic acid groups (broad SMARTS) is 1. The van der Waals surface area contributed by atoms with Gasteiger partial charge >= 0.3 is 11.9 Å². The van der Waals surface area contributed by atoms with Crippen molar-refractivity contribution < 1.29 is 19.4 Å². The molecule has 0 aliphatic heterocycles. The van der Waals surface area contributed by atoms with E-state index in [2.05, 4.69) is 11.7 Å². The lowest BCUT2D eigenvalue weighted by Crippen LogP contribution is -2.24. The van der Waals surface area contributed by atoms with E-state index in [9.17, 15) is 9.59 Å². The van der Waals surface area contributed by atoms with Crippen molar-refractivity contribution in [3.05, 3.63) is 0 Å². The van der Waals surface area contributed by atoms with Gasteiger partial charge in [0.05, 0.1) is 7.11 Å². The number of aliphatic carboxylic acids is 1. The van der Waals surface area contributed by atoms with Gasteiger partial charge in [0.1, 0.15) is 0 Å². The first kappa shape index (κ1) is 18.9. The number of ether oxygens (including phenoxy) is 1. The maximum Gasteiger partial charge on any atom is 0.320 e. The summed E-state index contributed by atoms with van der Waals surface area (Å²) in [6.45, 7) is 2.22. The van der Waals surface area contributed by atoms with Gasteiger partial charge in [0, 0.05) is 0 Å². The Balaban J connectivity index is 3.46. The van der Waals surface area contributed by atoms with Crippen LogP contribution in [0.15, 0.2) is 0 Å². The van der Waals surface area contributed by atoms with Crippen molar-refractivity contribution in [1.29, 1.82) is 0 Å². The molecular weight excluding hydrogens is 256 g/mol. The molecule has 1 atom stereocenters. The quantitative estimate of drug-likeness (QED) is 0.313. The largest absolute Gasteiger partial charge is 0.481 e. The summed E-state index contributed by atoms with van der Waals surface area (Å²) in [5.74, 6) is -2.70. The summed E-state index contributed by atoms with van der Waals surface area (Å²) in [5, 5.41) is 8.92. The van der Waals surface area contributed by atoms with E-state index in [-0.39, 0.29) is 0 Å². The fraction of sp³-hybridized carbons (Fsp3) is 0.875. The topological polar surface area (TPSA) is 63.6 Å². The van der Waals surface area contributed by atoms with E-state index in [1.54, 1.807) is 0 Å². The summed E-state index contributed by atoms with van der Waals surface area (Å²) >= 11 is 0. The summed E-state index contributed by atoms with van der Waals surface area (Å²) in [4.78, 5) is 22.1. The molecule has 1 N–H and O–H groups in total. The van der Waals surface area contributed by atoms with Crippen molar-refractivity contribution in [3.63, 3.8) is 0 Å². The van der Waals surface area contributed by atoms with E-state index < -0.39 is 17.9 Å². The third-order valence-electron chi connectivity index (χ3n) is 3.63. The van der Waals surface area contributed by atoms with E-state index in [0.29, 0.717) is 6.42 Å². The molecule has 0 aromatic carbocycles. The summed E-state index contributed by atoms with van der Waals surface area (Å²) in [6, 6.07) is 0. The molecule has 0 fully saturated rings. The fourth-order valence-corrected chi connectivity index (χ4v) is 2.32. The molecule has 0 aromatic rings. The van der Waals surface area contributed by atoms with E-state index in [1.165, 1.54) is 52.1 Å². The number of carbonyl (C=O) groups excluding carboxylic acids is 1. The highest BCUT2D eigenvalue weighted by atomic mass is 16.5. The van der Waals surface area contributed by atoms with Gasteiger partial charge in [0.2, 0.25) is 0 Å². The first-order valence-electron chi connectivity index (χ1n) is 7.94.